The van der Waals surface area contributed by atoms with Gasteiger partial charge in [0.25, 0.3) is 5.91 Å². The van der Waals surface area contributed by atoms with Crippen molar-refractivity contribution < 1.29 is 18.3 Å². The summed E-state index contributed by atoms with van der Waals surface area (Å²) in [6.07, 6.45) is 0. The van der Waals surface area contributed by atoms with Crippen LogP contribution < -0.4 is 15.8 Å². The molecule has 1 amide bonds. The van der Waals surface area contributed by atoms with Gasteiger partial charge in [-0.25, -0.2) is 8.78 Å². The first-order valence-corrected chi connectivity index (χ1v) is 5.52. The molecule has 0 saturated carbocycles. The van der Waals surface area contributed by atoms with Gasteiger partial charge in [0.1, 0.15) is 0 Å². The zero-order chi connectivity index (χ0) is 13.7. The van der Waals surface area contributed by atoms with Crippen LogP contribution in [0.25, 0.3) is 0 Å². The zero-order valence-electron chi connectivity index (χ0n) is 10.3. The Morgan fingerprint density at radius 3 is 2.39 bits per heavy atom. The average Bonchev–Trinajstić information content (AvgIpc) is 2.24. The highest BCUT2D eigenvalue weighted by atomic mass is 19.1. The number of hydrogen-bond donors (Lipinski definition) is 2. The van der Waals surface area contributed by atoms with Crippen molar-refractivity contribution in [3.05, 3.63) is 29.3 Å². The number of carbonyl (C=O) groups excluding carboxylic acids is 1. The van der Waals surface area contributed by atoms with E-state index in [2.05, 4.69) is 10.1 Å². The van der Waals surface area contributed by atoms with E-state index in [1.165, 1.54) is 0 Å². The smallest absolute Gasteiger partial charge is 0.255 e. The summed E-state index contributed by atoms with van der Waals surface area (Å²) in [6.45, 7) is 3.65. The molecule has 0 spiro atoms. The van der Waals surface area contributed by atoms with E-state index in [0.717, 1.165) is 12.1 Å². The molecule has 18 heavy (non-hydrogen) atoms. The van der Waals surface area contributed by atoms with Crippen LogP contribution in [0.2, 0.25) is 0 Å². The Morgan fingerprint density at radius 1 is 1.39 bits per heavy atom. The number of amides is 1. The van der Waals surface area contributed by atoms with Crippen LogP contribution in [-0.4, -0.2) is 18.6 Å². The van der Waals surface area contributed by atoms with Gasteiger partial charge in [-0.1, -0.05) is 13.8 Å². The summed E-state index contributed by atoms with van der Waals surface area (Å²) < 4.78 is 31.7. The zero-order valence-corrected chi connectivity index (χ0v) is 10.3. The van der Waals surface area contributed by atoms with Gasteiger partial charge < -0.3 is 15.8 Å². The highest BCUT2D eigenvalue weighted by Gasteiger charge is 2.13. The molecule has 0 saturated heterocycles. The number of benzene rings is 1. The summed E-state index contributed by atoms with van der Waals surface area (Å²) in [6, 6.07) is 2.53. The predicted molar refractivity (Wildman–Crippen MR) is 63.0 cm³/mol. The number of rotatable bonds is 6. The minimum atomic E-state index is -0.850. The summed E-state index contributed by atoms with van der Waals surface area (Å²) in [5.41, 5.74) is 5.30. The van der Waals surface area contributed by atoms with Gasteiger partial charge in [0, 0.05) is 12.6 Å². The molecule has 0 unspecified atom stereocenters. The first-order chi connectivity index (χ1) is 8.40. The van der Waals surface area contributed by atoms with Gasteiger partial charge in [0.2, 0.25) is 0 Å². The van der Waals surface area contributed by atoms with Crippen LogP contribution >= 0.6 is 0 Å². The second-order valence-electron chi connectivity index (χ2n) is 4.18. The van der Waals surface area contributed by atoms with Crippen molar-refractivity contribution in [3.8, 4) is 5.75 Å². The Labute approximate surface area is 104 Å². The lowest BCUT2D eigenvalue weighted by atomic mass is 10.2. The van der Waals surface area contributed by atoms with Gasteiger partial charge in [0.15, 0.2) is 24.0 Å². The molecule has 3 N–H and O–H groups in total. The number of nitrogens with one attached hydrogen (secondary N) is 1. The molecule has 1 aromatic carbocycles. The largest absolute Gasteiger partial charge is 0.478 e. The van der Waals surface area contributed by atoms with Gasteiger partial charge in [-0.05, 0) is 17.7 Å². The van der Waals surface area contributed by atoms with Crippen LogP contribution in [0.4, 0.5) is 8.78 Å². The Bertz CT molecular complexity index is 413. The number of halogens is 2. The minimum Gasteiger partial charge on any atom is -0.478 e. The van der Waals surface area contributed by atoms with Crippen LogP contribution in [0.5, 0.6) is 5.75 Å². The van der Waals surface area contributed by atoms with Crippen molar-refractivity contribution >= 4 is 5.91 Å². The maximum atomic E-state index is 13.5. The van der Waals surface area contributed by atoms with E-state index >= 15 is 0 Å². The van der Waals surface area contributed by atoms with Gasteiger partial charge in [-0.3, -0.25) is 4.79 Å². The van der Waals surface area contributed by atoms with E-state index in [9.17, 15) is 13.6 Å². The maximum absolute atomic E-state index is 13.5. The monoisotopic (exact) mass is 258 g/mol. The third-order valence-electron chi connectivity index (χ3n) is 2.13. The molecule has 0 fully saturated rings. The van der Waals surface area contributed by atoms with Crippen molar-refractivity contribution in [1.82, 2.24) is 5.32 Å². The van der Waals surface area contributed by atoms with Gasteiger partial charge >= 0.3 is 0 Å². The van der Waals surface area contributed by atoms with Crippen LogP contribution in [-0.2, 0) is 11.3 Å². The molecule has 0 heterocycles. The third kappa shape index (κ3) is 4.29. The number of primary amides is 1. The molecular formula is C12H16F2N2O2. The van der Waals surface area contributed by atoms with Crippen LogP contribution in [0.3, 0.4) is 0 Å². The number of carbonyl (C=O) groups is 1. The van der Waals surface area contributed by atoms with Crippen LogP contribution in [0.15, 0.2) is 12.1 Å². The second kappa shape index (κ2) is 6.30. The molecular weight excluding hydrogens is 242 g/mol. The maximum Gasteiger partial charge on any atom is 0.255 e. The van der Waals surface area contributed by atoms with E-state index in [1.54, 1.807) is 0 Å². The molecule has 0 radical (unpaired) electrons. The summed E-state index contributed by atoms with van der Waals surface area (Å²) in [5, 5.41) is 3.04. The van der Waals surface area contributed by atoms with Crippen molar-refractivity contribution in [1.29, 1.82) is 0 Å². The fourth-order valence-electron chi connectivity index (χ4n) is 1.32. The Hall–Kier alpha value is -1.69. The van der Waals surface area contributed by atoms with Gasteiger partial charge in [0.05, 0.1) is 0 Å². The Kier molecular flexibility index (Phi) is 5.03. The van der Waals surface area contributed by atoms with Crippen molar-refractivity contribution in [2.45, 2.75) is 26.4 Å². The number of nitrogens with two attached hydrogens (primary N) is 1. The van der Waals surface area contributed by atoms with Crippen molar-refractivity contribution in [2.75, 3.05) is 6.61 Å². The van der Waals surface area contributed by atoms with Crippen molar-refractivity contribution in [3.63, 3.8) is 0 Å². The minimum absolute atomic E-state index is 0.210. The summed E-state index contributed by atoms with van der Waals surface area (Å²) in [4.78, 5) is 10.5. The lowest BCUT2D eigenvalue weighted by molar-refractivity contribution is -0.120. The molecule has 6 heteroatoms. The lowest BCUT2D eigenvalue weighted by Crippen LogP contribution is -2.22. The molecule has 0 aromatic heterocycles. The number of hydrogen-bond acceptors (Lipinski definition) is 3. The summed E-state index contributed by atoms with van der Waals surface area (Å²) in [5.74, 6) is -3.07. The fourth-order valence-corrected chi connectivity index (χ4v) is 1.32. The van der Waals surface area contributed by atoms with Gasteiger partial charge in [-0.2, -0.15) is 0 Å². The highest BCUT2D eigenvalue weighted by molar-refractivity contribution is 5.75. The van der Waals surface area contributed by atoms with E-state index < -0.39 is 29.9 Å². The molecule has 0 atom stereocenters. The molecule has 0 bridgehead atoms. The molecule has 100 valence electrons. The first kappa shape index (κ1) is 14.4. The fraction of sp³-hybridized carbons (Fsp3) is 0.417. The van der Waals surface area contributed by atoms with Crippen molar-refractivity contribution in [2.24, 2.45) is 5.73 Å². The van der Waals surface area contributed by atoms with E-state index in [-0.39, 0.29) is 6.04 Å². The SMILES string of the molecule is CC(C)NCc1cc(F)c(OCC(N)=O)c(F)c1. The topological polar surface area (TPSA) is 64.3 Å². The Balaban J connectivity index is 2.80. The predicted octanol–water partition coefficient (Wildman–Crippen LogP) is 1.33. The van der Waals surface area contributed by atoms with E-state index in [1.807, 2.05) is 13.8 Å². The lowest BCUT2D eigenvalue weighted by Gasteiger charge is -2.11. The molecule has 0 aliphatic heterocycles. The summed E-state index contributed by atoms with van der Waals surface area (Å²) >= 11 is 0. The Morgan fingerprint density at radius 2 is 1.94 bits per heavy atom. The van der Waals surface area contributed by atoms with Crippen LogP contribution in [0.1, 0.15) is 19.4 Å². The third-order valence-corrected chi connectivity index (χ3v) is 2.13. The molecule has 0 aliphatic rings. The molecule has 1 aromatic rings. The van der Waals surface area contributed by atoms with Gasteiger partial charge in [-0.15, -0.1) is 0 Å². The van der Waals surface area contributed by atoms with E-state index in [4.69, 9.17) is 5.73 Å². The normalized spacial score (nSPS) is 10.7. The first-order valence-electron chi connectivity index (χ1n) is 5.52. The molecule has 1 rings (SSSR count). The quantitative estimate of drug-likeness (QED) is 0.809. The number of ether oxygens (including phenoxy) is 1. The van der Waals surface area contributed by atoms with Crippen LogP contribution in [0, 0.1) is 11.6 Å². The second-order valence-corrected chi connectivity index (χ2v) is 4.18. The standard InChI is InChI=1S/C12H16F2N2O2/c1-7(2)16-5-8-3-9(13)12(10(14)4-8)18-6-11(15)17/h3-4,7,16H,5-6H2,1-2H3,(H2,15,17). The molecule has 0 aliphatic carbocycles. The van der Waals surface area contributed by atoms with E-state index in [0.29, 0.717) is 12.1 Å². The molecule has 4 nitrogen and oxygen atoms in total. The average molecular weight is 258 g/mol. The summed E-state index contributed by atoms with van der Waals surface area (Å²) in [7, 11) is 0. The highest BCUT2D eigenvalue weighted by Crippen LogP contribution is 2.23.